The van der Waals surface area contributed by atoms with Crippen molar-refractivity contribution in [2.24, 2.45) is 0 Å². The Morgan fingerprint density at radius 2 is 2.00 bits per heavy atom. The van der Waals surface area contributed by atoms with Crippen LogP contribution in [0, 0.1) is 6.92 Å². The van der Waals surface area contributed by atoms with Crippen LogP contribution in [0.1, 0.15) is 40.4 Å². The van der Waals surface area contributed by atoms with E-state index in [1.807, 2.05) is 43.5 Å². The molecule has 3 aromatic rings. The third-order valence-electron chi connectivity index (χ3n) is 4.84. The third kappa shape index (κ3) is 3.80. The van der Waals surface area contributed by atoms with Gasteiger partial charge in [0, 0.05) is 14.5 Å². The van der Waals surface area contributed by atoms with E-state index >= 15 is 0 Å². The SMILES string of the molecule is CCNC1CC=C(c2cnc(C)c(-c3nnc(-c4ccccc4)o3)n2)CC1.[HH].[HH]. The molecule has 1 aliphatic rings. The summed E-state index contributed by atoms with van der Waals surface area (Å²) in [6, 6.07) is 10.3. The summed E-state index contributed by atoms with van der Waals surface area (Å²) in [5.74, 6) is 0.894. The highest BCUT2D eigenvalue weighted by atomic mass is 16.4. The van der Waals surface area contributed by atoms with Crippen molar-refractivity contribution in [1.29, 1.82) is 0 Å². The van der Waals surface area contributed by atoms with Gasteiger partial charge in [-0.15, -0.1) is 10.2 Å². The summed E-state index contributed by atoms with van der Waals surface area (Å²) in [4.78, 5) is 9.32. The molecule has 0 radical (unpaired) electrons. The normalized spacial score (nSPS) is 17.0. The first-order chi connectivity index (χ1) is 13.2. The van der Waals surface area contributed by atoms with Crippen LogP contribution in [0.5, 0.6) is 0 Å². The molecule has 6 heteroatoms. The van der Waals surface area contributed by atoms with Crippen LogP contribution in [0.4, 0.5) is 0 Å². The third-order valence-corrected chi connectivity index (χ3v) is 4.84. The quantitative estimate of drug-likeness (QED) is 0.715. The molecule has 6 nitrogen and oxygen atoms in total. The highest BCUT2D eigenvalue weighted by Gasteiger charge is 2.19. The van der Waals surface area contributed by atoms with Crippen LogP contribution in [0.2, 0.25) is 0 Å². The predicted octanol–water partition coefficient (Wildman–Crippen LogP) is 4.54. The maximum Gasteiger partial charge on any atom is 0.268 e. The summed E-state index contributed by atoms with van der Waals surface area (Å²) in [5, 5.41) is 11.9. The molecule has 1 N–H and O–H groups in total. The zero-order chi connectivity index (χ0) is 18.6. The van der Waals surface area contributed by atoms with Crippen molar-refractivity contribution < 1.29 is 7.27 Å². The monoisotopic (exact) mass is 365 g/mol. The van der Waals surface area contributed by atoms with E-state index in [2.05, 4.69) is 33.5 Å². The fourth-order valence-corrected chi connectivity index (χ4v) is 3.36. The molecule has 142 valence electrons. The zero-order valence-electron chi connectivity index (χ0n) is 15.6. The number of allylic oxidation sites excluding steroid dienone is 1. The van der Waals surface area contributed by atoms with E-state index in [1.54, 1.807) is 0 Å². The van der Waals surface area contributed by atoms with E-state index in [-0.39, 0.29) is 2.85 Å². The molecule has 27 heavy (non-hydrogen) atoms. The van der Waals surface area contributed by atoms with Gasteiger partial charge in [0.25, 0.3) is 5.89 Å². The van der Waals surface area contributed by atoms with Crippen molar-refractivity contribution in [3.63, 3.8) is 0 Å². The van der Waals surface area contributed by atoms with Crippen molar-refractivity contribution in [1.82, 2.24) is 25.5 Å². The van der Waals surface area contributed by atoms with Gasteiger partial charge in [-0.25, -0.2) is 4.98 Å². The Hall–Kier alpha value is -2.86. The van der Waals surface area contributed by atoms with E-state index < -0.39 is 0 Å². The summed E-state index contributed by atoms with van der Waals surface area (Å²) in [6.45, 7) is 5.06. The number of benzene rings is 1. The lowest BCUT2D eigenvalue weighted by atomic mass is 9.93. The summed E-state index contributed by atoms with van der Waals surface area (Å²) in [6.07, 6.45) is 7.24. The van der Waals surface area contributed by atoms with Gasteiger partial charge in [0.1, 0.15) is 5.69 Å². The molecule has 1 unspecified atom stereocenters. The first kappa shape index (κ1) is 17.5. The summed E-state index contributed by atoms with van der Waals surface area (Å²) >= 11 is 0. The number of hydrogen-bond acceptors (Lipinski definition) is 6. The highest BCUT2D eigenvalue weighted by molar-refractivity contribution is 5.65. The molecule has 4 rings (SSSR count). The first-order valence-corrected chi connectivity index (χ1v) is 9.40. The van der Waals surface area contributed by atoms with Crippen molar-refractivity contribution in [3.8, 4) is 23.0 Å². The molecule has 1 atom stereocenters. The van der Waals surface area contributed by atoms with Crippen molar-refractivity contribution in [2.45, 2.75) is 39.2 Å². The van der Waals surface area contributed by atoms with Gasteiger partial charge in [-0.3, -0.25) is 4.98 Å². The number of hydrogen-bond donors (Lipinski definition) is 1. The lowest BCUT2D eigenvalue weighted by Gasteiger charge is -2.22. The van der Waals surface area contributed by atoms with Gasteiger partial charge in [0.2, 0.25) is 5.89 Å². The minimum Gasteiger partial charge on any atom is -0.415 e. The smallest absolute Gasteiger partial charge is 0.268 e. The van der Waals surface area contributed by atoms with Crippen LogP contribution < -0.4 is 5.32 Å². The average molecular weight is 365 g/mol. The second kappa shape index (κ2) is 7.80. The standard InChI is InChI=1S/C21H23N5O.2H2/c1-3-22-17-11-9-15(10-12-17)18-13-23-14(2)19(24-18)21-26-25-20(27-21)16-7-5-4-6-8-16;;/h4-9,13,17,22H,3,10-12H2,1-2H3;2*1H. The largest absolute Gasteiger partial charge is 0.415 e. The Bertz CT molecular complexity index is 959. The predicted molar refractivity (Wildman–Crippen MR) is 109 cm³/mol. The summed E-state index contributed by atoms with van der Waals surface area (Å²) in [5.41, 5.74) is 4.45. The van der Waals surface area contributed by atoms with Gasteiger partial charge in [0.15, 0.2) is 0 Å². The number of nitrogens with zero attached hydrogens (tertiary/aromatic N) is 4. The van der Waals surface area contributed by atoms with Crippen LogP contribution in [0.15, 0.2) is 47.0 Å². The number of aryl methyl sites for hydroxylation is 1. The lowest BCUT2D eigenvalue weighted by molar-refractivity contribution is 0.493. The molecule has 1 aliphatic carbocycles. The molecule has 0 saturated carbocycles. The van der Waals surface area contributed by atoms with Gasteiger partial charge in [0.05, 0.1) is 17.6 Å². The van der Waals surface area contributed by atoms with E-state index in [0.29, 0.717) is 23.5 Å². The van der Waals surface area contributed by atoms with Gasteiger partial charge >= 0.3 is 0 Å². The molecule has 0 bridgehead atoms. The number of rotatable bonds is 5. The molecule has 0 spiro atoms. The second-order valence-corrected chi connectivity index (χ2v) is 6.73. The van der Waals surface area contributed by atoms with Crippen molar-refractivity contribution in [3.05, 3.63) is 54.0 Å². The van der Waals surface area contributed by atoms with E-state index in [1.165, 1.54) is 5.57 Å². The minimum atomic E-state index is 0. The van der Waals surface area contributed by atoms with Crippen LogP contribution >= 0.6 is 0 Å². The molecule has 0 fully saturated rings. The highest BCUT2D eigenvalue weighted by Crippen LogP contribution is 2.29. The van der Waals surface area contributed by atoms with Gasteiger partial charge in [-0.2, -0.15) is 0 Å². The van der Waals surface area contributed by atoms with Crippen LogP contribution in [0.3, 0.4) is 0 Å². The fraction of sp³-hybridized carbons (Fsp3) is 0.333. The van der Waals surface area contributed by atoms with Crippen LogP contribution in [-0.2, 0) is 0 Å². The molecule has 0 amide bonds. The van der Waals surface area contributed by atoms with Crippen LogP contribution in [0.25, 0.3) is 28.6 Å². The molecular weight excluding hydrogens is 338 g/mol. The Balaban J connectivity index is 0.00000150. The Labute approximate surface area is 161 Å². The Kier molecular flexibility index (Phi) is 5.07. The molecule has 2 heterocycles. The molecule has 2 aromatic heterocycles. The van der Waals surface area contributed by atoms with Crippen molar-refractivity contribution in [2.75, 3.05) is 6.54 Å². The lowest BCUT2D eigenvalue weighted by Crippen LogP contribution is -2.29. The zero-order valence-corrected chi connectivity index (χ0v) is 15.6. The first-order valence-electron chi connectivity index (χ1n) is 9.40. The van der Waals surface area contributed by atoms with E-state index in [4.69, 9.17) is 9.40 Å². The topological polar surface area (TPSA) is 76.7 Å². The summed E-state index contributed by atoms with van der Waals surface area (Å²) in [7, 11) is 0. The number of nitrogens with one attached hydrogen (secondary N) is 1. The van der Waals surface area contributed by atoms with Gasteiger partial charge < -0.3 is 9.73 Å². The maximum atomic E-state index is 5.87. The maximum absolute atomic E-state index is 5.87. The Morgan fingerprint density at radius 1 is 1.19 bits per heavy atom. The molecule has 0 aliphatic heterocycles. The number of aromatic nitrogens is 4. The molecule has 0 saturated heterocycles. The fourth-order valence-electron chi connectivity index (χ4n) is 3.36. The van der Waals surface area contributed by atoms with Gasteiger partial charge in [-0.05, 0) is 50.4 Å². The molecule has 1 aromatic carbocycles. The van der Waals surface area contributed by atoms with E-state index in [9.17, 15) is 0 Å². The van der Waals surface area contributed by atoms with Crippen LogP contribution in [-0.4, -0.2) is 32.8 Å². The Morgan fingerprint density at radius 3 is 2.74 bits per heavy atom. The average Bonchev–Trinajstić information content (AvgIpc) is 3.20. The second-order valence-electron chi connectivity index (χ2n) is 6.73. The minimum absolute atomic E-state index is 0. The molecular formula is C21H27N5O. The summed E-state index contributed by atoms with van der Waals surface area (Å²) < 4.78 is 5.87. The van der Waals surface area contributed by atoms with Crippen molar-refractivity contribution >= 4 is 5.57 Å². The van der Waals surface area contributed by atoms with Gasteiger partial charge in [-0.1, -0.05) is 31.2 Å². The van der Waals surface area contributed by atoms with E-state index in [0.717, 1.165) is 42.8 Å².